The van der Waals surface area contributed by atoms with Crippen LogP contribution in [0.3, 0.4) is 0 Å². The molecule has 0 unspecified atom stereocenters. The number of anilines is 1. The quantitative estimate of drug-likeness (QED) is 0.863. The highest BCUT2D eigenvalue weighted by atomic mass is 19.4. The second-order valence-corrected chi connectivity index (χ2v) is 5.64. The largest absolute Gasteiger partial charge is 0.477 e. The van der Waals surface area contributed by atoms with Crippen LogP contribution in [0.2, 0.25) is 0 Å². The molecule has 1 aromatic carbocycles. The number of ether oxygens (including phenoxy) is 1. The molecule has 0 saturated carbocycles. The van der Waals surface area contributed by atoms with E-state index in [1.165, 1.54) is 19.2 Å². The van der Waals surface area contributed by atoms with Gasteiger partial charge in [0.1, 0.15) is 5.75 Å². The topological polar surface area (TPSA) is 78.9 Å². The molecule has 2 atom stereocenters. The summed E-state index contributed by atoms with van der Waals surface area (Å²) in [6.45, 7) is 0.289. The summed E-state index contributed by atoms with van der Waals surface area (Å²) >= 11 is 0. The molecule has 24 heavy (non-hydrogen) atoms. The molecule has 2 N–H and O–H groups in total. The fourth-order valence-corrected chi connectivity index (χ4v) is 2.26. The molecule has 1 aliphatic rings. The van der Waals surface area contributed by atoms with E-state index in [0.29, 0.717) is 6.92 Å². The summed E-state index contributed by atoms with van der Waals surface area (Å²) in [7, 11) is 1.38. The summed E-state index contributed by atoms with van der Waals surface area (Å²) in [5, 5.41) is 11.9. The average molecular weight is 346 g/mol. The third kappa shape index (κ3) is 3.45. The first-order chi connectivity index (χ1) is 11.1. The Kier molecular flexibility index (Phi) is 4.75. The molecule has 0 radical (unpaired) electrons. The highest BCUT2D eigenvalue weighted by Crippen LogP contribution is 2.37. The van der Waals surface area contributed by atoms with Gasteiger partial charge in [-0.1, -0.05) is 12.1 Å². The molecule has 0 aromatic heterocycles. The van der Waals surface area contributed by atoms with E-state index in [1.54, 1.807) is 12.1 Å². The SMILES string of the molecule is CNC(=O)[C@H]1CN(C(=O)C[C@](C)(O)C(F)(F)F)c2ccccc2O1. The Morgan fingerprint density at radius 3 is 2.58 bits per heavy atom. The van der Waals surface area contributed by atoms with E-state index in [2.05, 4.69) is 5.32 Å². The number of benzene rings is 1. The predicted octanol–water partition coefficient (Wildman–Crippen LogP) is 1.23. The van der Waals surface area contributed by atoms with Gasteiger partial charge >= 0.3 is 6.18 Å². The monoisotopic (exact) mass is 346 g/mol. The number of rotatable bonds is 3. The standard InChI is InChI=1S/C15H17F3N2O4/c1-14(23,15(16,17)18)7-12(21)20-8-11(13(22)19-2)24-10-6-4-3-5-9(10)20/h3-6,11,23H,7-8H2,1-2H3,(H,19,22)/t11-,14+/m1/s1. The molecular formula is C15H17F3N2O4. The van der Waals surface area contributed by atoms with Gasteiger partial charge in [0.15, 0.2) is 11.7 Å². The minimum atomic E-state index is -4.95. The maximum atomic E-state index is 12.8. The van der Waals surface area contributed by atoms with Crippen LogP contribution in [0.5, 0.6) is 5.75 Å². The lowest BCUT2D eigenvalue weighted by Crippen LogP contribution is -2.53. The summed E-state index contributed by atoms with van der Waals surface area (Å²) in [6, 6.07) is 6.20. The Bertz CT molecular complexity index is 646. The molecule has 1 aliphatic heterocycles. The molecule has 0 saturated heterocycles. The first kappa shape index (κ1) is 18.1. The fourth-order valence-electron chi connectivity index (χ4n) is 2.26. The number of hydrogen-bond donors (Lipinski definition) is 2. The van der Waals surface area contributed by atoms with Gasteiger partial charge in [-0.2, -0.15) is 13.2 Å². The van der Waals surface area contributed by atoms with Crippen molar-refractivity contribution in [2.24, 2.45) is 0 Å². The number of nitrogens with zero attached hydrogens (tertiary/aromatic N) is 1. The fraction of sp³-hybridized carbons (Fsp3) is 0.467. The zero-order valence-corrected chi connectivity index (χ0v) is 13.1. The highest BCUT2D eigenvalue weighted by Gasteiger charge is 2.52. The predicted molar refractivity (Wildman–Crippen MR) is 78.6 cm³/mol. The number of carbonyl (C=O) groups excluding carboxylic acids is 2. The highest BCUT2D eigenvalue weighted by molar-refractivity contribution is 5.97. The van der Waals surface area contributed by atoms with E-state index < -0.39 is 36.1 Å². The molecule has 6 nitrogen and oxygen atoms in total. The number of likely N-dealkylation sites (N-methyl/N-ethyl adjacent to an activating group) is 1. The minimum Gasteiger partial charge on any atom is -0.477 e. The van der Waals surface area contributed by atoms with Crippen LogP contribution in [0.25, 0.3) is 0 Å². The molecule has 9 heteroatoms. The molecule has 0 fully saturated rings. The zero-order valence-electron chi connectivity index (χ0n) is 13.1. The Hall–Kier alpha value is -2.29. The second kappa shape index (κ2) is 6.31. The number of amides is 2. The van der Waals surface area contributed by atoms with Gasteiger partial charge in [0.2, 0.25) is 5.91 Å². The van der Waals surface area contributed by atoms with Crippen LogP contribution in [-0.4, -0.2) is 48.4 Å². The Morgan fingerprint density at radius 2 is 2.00 bits per heavy atom. The second-order valence-electron chi connectivity index (χ2n) is 5.64. The summed E-state index contributed by atoms with van der Waals surface area (Å²) in [5.41, 5.74) is -2.92. The Balaban J connectivity index is 2.30. The van der Waals surface area contributed by atoms with E-state index in [0.717, 1.165) is 4.90 Å². The van der Waals surface area contributed by atoms with Crippen LogP contribution < -0.4 is 15.0 Å². The van der Waals surface area contributed by atoms with Crippen molar-refractivity contribution in [3.05, 3.63) is 24.3 Å². The van der Waals surface area contributed by atoms with E-state index in [-0.39, 0.29) is 18.0 Å². The summed E-state index contributed by atoms with van der Waals surface area (Å²) in [6.07, 6.45) is -7.16. The van der Waals surface area contributed by atoms with Gasteiger partial charge in [-0.15, -0.1) is 0 Å². The van der Waals surface area contributed by atoms with E-state index in [4.69, 9.17) is 4.74 Å². The summed E-state index contributed by atoms with van der Waals surface area (Å²) in [5.74, 6) is -1.26. The molecule has 132 valence electrons. The molecular weight excluding hydrogens is 329 g/mol. The third-order valence-corrected chi connectivity index (χ3v) is 3.72. The first-order valence-corrected chi connectivity index (χ1v) is 7.13. The number of halogens is 3. The number of para-hydroxylation sites is 2. The average Bonchev–Trinajstić information content (AvgIpc) is 2.51. The van der Waals surface area contributed by atoms with Crippen molar-refractivity contribution >= 4 is 17.5 Å². The maximum absolute atomic E-state index is 12.8. The zero-order chi connectivity index (χ0) is 18.1. The number of alkyl halides is 3. The lowest BCUT2D eigenvalue weighted by Gasteiger charge is -2.35. The smallest absolute Gasteiger partial charge is 0.417 e. The van der Waals surface area contributed by atoms with Gasteiger partial charge in [0.25, 0.3) is 5.91 Å². The lowest BCUT2D eigenvalue weighted by atomic mass is 10.00. The van der Waals surface area contributed by atoms with E-state index >= 15 is 0 Å². The van der Waals surface area contributed by atoms with Gasteiger partial charge in [-0.25, -0.2) is 0 Å². The number of aliphatic hydroxyl groups is 1. The van der Waals surface area contributed by atoms with Crippen molar-refractivity contribution in [2.75, 3.05) is 18.5 Å². The summed E-state index contributed by atoms with van der Waals surface area (Å²) in [4.78, 5) is 25.2. The number of carbonyl (C=O) groups is 2. The molecule has 1 aromatic rings. The number of nitrogens with one attached hydrogen (secondary N) is 1. The maximum Gasteiger partial charge on any atom is 0.417 e. The van der Waals surface area contributed by atoms with E-state index in [9.17, 15) is 27.9 Å². The van der Waals surface area contributed by atoms with Crippen LogP contribution in [0.4, 0.5) is 18.9 Å². The van der Waals surface area contributed by atoms with Crippen molar-refractivity contribution in [3.8, 4) is 5.75 Å². The van der Waals surface area contributed by atoms with Crippen molar-refractivity contribution in [3.63, 3.8) is 0 Å². The summed E-state index contributed by atoms with van der Waals surface area (Å²) < 4.78 is 43.9. The number of fused-ring (bicyclic) bond motifs is 1. The van der Waals surface area contributed by atoms with Crippen molar-refractivity contribution < 1.29 is 32.6 Å². The molecule has 1 heterocycles. The van der Waals surface area contributed by atoms with Crippen LogP contribution in [0.1, 0.15) is 13.3 Å². The molecule has 2 rings (SSSR count). The molecule has 2 amide bonds. The minimum absolute atomic E-state index is 0.206. The molecule has 0 bridgehead atoms. The van der Waals surface area contributed by atoms with Crippen LogP contribution >= 0.6 is 0 Å². The Labute approximate surface area is 136 Å². The number of hydrogen-bond acceptors (Lipinski definition) is 4. The van der Waals surface area contributed by atoms with Gasteiger partial charge < -0.3 is 20.1 Å². The lowest BCUT2D eigenvalue weighted by molar-refractivity contribution is -0.253. The van der Waals surface area contributed by atoms with Crippen LogP contribution in [-0.2, 0) is 9.59 Å². The van der Waals surface area contributed by atoms with Crippen LogP contribution in [0, 0.1) is 0 Å². The van der Waals surface area contributed by atoms with Crippen LogP contribution in [0.15, 0.2) is 24.3 Å². The van der Waals surface area contributed by atoms with Crippen molar-refractivity contribution in [1.29, 1.82) is 0 Å². The van der Waals surface area contributed by atoms with Crippen molar-refractivity contribution in [1.82, 2.24) is 5.32 Å². The Morgan fingerprint density at radius 1 is 1.38 bits per heavy atom. The van der Waals surface area contributed by atoms with Gasteiger partial charge in [-0.05, 0) is 19.1 Å². The molecule has 0 spiro atoms. The van der Waals surface area contributed by atoms with Crippen molar-refractivity contribution in [2.45, 2.75) is 31.2 Å². The molecule has 0 aliphatic carbocycles. The van der Waals surface area contributed by atoms with Gasteiger partial charge in [0.05, 0.1) is 18.7 Å². The normalized spacial score (nSPS) is 19.8. The third-order valence-electron chi connectivity index (χ3n) is 3.72. The first-order valence-electron chi connectivity index (χ1n) is 7.13. The van der Waals surface area contributed by atoms with Gasteiger partial charge in [-0.3, -0.25) is 9.59 Å². The van der Waals surface area contributed by atoms with E-state index in [1.807, 2.05) is 0 Å². The van der Waals surface area contributed by atoms with Gasteiger partial charge in [0, 0.05) is 7.05 Å².